The van der Waals surface area contributed by atoms with E-state index in [0.717, 1.165) is 31.1 Å². The summed E-state index contributed by atoms with van der Waals surface area (Å²) in [6.07, 6.45) is 2.61. The van der Waals surface area contributed by atoms with Gasteiger partial charge in [0.15, 0.2) is 0 Å². The van der Waals surface area contributed by atoms with Crippen molar-refractivity contribution in [3.8, 4) is 0 Å². The summed E-state index contributed by atoms with van der Waals surface area (Å²) in [4.78, 5) is 2.49. The molecule has 1 N–H and O–H groups in total. The second-order valence-corrected chi connectivity index (χ2v) is 6.88. The maximum atomic E-state index is 13.6. The Kier molecular flexibility index (Phi) is 3.78. The third-order valence-corrected chi connectivity index (χ3v) is 5.30. The van der Waals surface area contributed by atoms with Crippen LogP contribution in [0.25, 0.3) is 0 Å². The summed E-state index contributed by atoms with van der Waals surface area (Å²) in [7, 11) is 0. The molecule has 1 aliphatic heterocycles. The normalized spacial score (nSPS) is 31.5. The van der Waals surface area contributed by atoms with Crippen LogP contribution in [0.1, 0.15) is 32.3 Å². The quantitative estimate of drug-likeness (QED) is 0.919. The van der Waals surface area contributed by atoms with Gasteiger partial charge in [-0.1, -0.05) is 23.7 Å². The molecule has 0 bridgehead atoms. The first-order chi connectivity index (χ1) is 9.50. The van der Waals surface area contributed by atoms with E-state index in [1.165, 1.54) is 18.9 Å². The van der Waals surface area contributed by atoms with Crippen molar-refractivity contribution in [2.75, 3.05) is 13.1 Å². The van der Waals surface area contributed by atoms with E-state index in [4.69, 9.17) is 11.6 Å². The molecule has 1 aromatic rings. The third-order valence-electron chi connectivity index (χ3n) is 4.87. The fraction of sp³-hybridized carbons (Fsp3) is 0.625. The molecular formula is C16H22ClFN2. The van der Waals surface area contributed by atoms with E-state index in [2.05, 4.69) is 24.1 Å². The molecule has 2 unspecified atom stereocenters. The molecule has 1 saturated heterocycles. The Morgan fingerprint density at radius 2 is 2.20 bits per heavy atom. The average Bonchev–Trinajstić information content (AvgIpc) is 3.24. The number of benzene rings is 1. The molecule has 20 heavy (non-hydrogen) atoms. The molecule has 1 aliphatic carbocycles. The van der Waals surface area contributed by atoms with Crippen LogP contribution in [0, 0.1) is 11.7 Å². The smallest absolute Gasteiger partial charge is 0.142 e. The molecule has 0 aromatic heterocycles. The molecule has 4 heteroatoms. The van der Waals surface area contributed by atoms with E-state index in [0.29, 0.717) is 6.04 Å². The number of nitrogens with one attached hydrogen (secondary N) is 1. The molecule has 2 fully saturated rings. The number of rotatable bonds is 3. The molecule has 1 aromatic carbocycles. The van der Waals surface area contributed by atoms with Gasteiger partial charge in [-0.25, -0.2) is 4.39 Å². The highest BCUT2D eigenvalue weighted by Crippen LogP contribution is 2.44. The summed E-state index contributed by atoms with van der Waals surface area (Å²) >= 11 is 6.12. The van der Waals surface area contributed by atoms with Crippen molar-refractivity contribution in [1.29, 1.82) is 0 Å². The minimum Gasteiger partial charge on any atom is -0.311 e. The summed E-state index contributed by atoms with van der Waals surface area (Å²) < 4.78 is 13.6. The summed E-state index contributed by atoms with van der Waals surface area (Å²) in [5.74, 6) is 0.440. The largest absolute Gasteiger partial charge is 0.311 e. The van der Waals surface area contributed by atoms with Crippen LogP contribution < -0.4 is 5.32 Å². The van der Waals surface area contributed by atoms with Crippen LogP contribution in [-0.4, -0.2) is 29.6 Å². The predicted octanol–water partition coefficient (Wildman–Crippen LogP) is 3.44. The van der Waals surface area contributed by atoms with Gasteiger partial charge in [0, 0.05) is 31.2 Å². The van der Waals surface area contributed by atoms with E-state index in [-0.39, 0.29) is 16.4 Å². The lowest BCUT2D eigenvalue weighted by Gasteiger charge is -2.48. The topological polar surface area (TPSA) is 15.3 Å². The monoisotopic (exact) mass is 296 g/mol. The predicted molar refractivity (Wildman–Crippen MR) is 80.4 cm³/mol. The fourth-order valence-corrected chi connectivity index (χ4v) is 3.51. The highest BCUT2D eigenvalue weighted by molar-refractivity contribution is 6.31. The van der Waals surface area contributed by atoms with Crippen LogP contribution in [-0.2, 0) is 6.54 Å². The van der Waals surface area contributed by atoms with Crippen molar-refractivity contribution >= 4 is 11.6 Å². The Bertz CT molecular complexity index is 503. The molecule has 2 atom stereocenters. The van der Waals surface area contributed by atoms with Gasteiger partial charge in [-0.3, -0.25) is 4.90 Å². The zero-order chi connectivity index (χ0) is 14.3. The van der Waals surface area contributed by atoms with Crippen LogP contribution in [0.5, 0.6) is 0 Å². The number of hydrogen-bond donors (Lipinski definition) is 1. The summed E-state index contributed by atoms with van der Waals surface area (Å²) in [6, 6.07) is 5.57. The highest BCUT2D eigenvalue weighted by Gasteiger charge is 2.47. The number of nitrogens with zero attached hydrogens (tertiary/aromatic N) is 1. The van der Waals surface area contributed by atoms with Crippen molar-refractivity contribution in [2.24, 2.45) is 5.92 Å². The van der Waals surface area contributed by atoms with E-state index in [9.17, 15) is 4.39 Å². The molecule has 0 spiro atoms. The standard InChI is InChI=1S/C16H22ClFN2/c1-11-8-20(16(2,10-19-11)13-6-7-13)9-12-4-3-5-14(18)15(12)17/h3-5,11,13,19H,6-10H2,1-2H3. The van der Waals surface area contributed by atoms with Crippen LogP contribution in [0.2, 0.25) is 5.02 Å². The lowest BCUT2D eigenvalue weighted by atomic mass is 9.89. The van der Waals surface area contributed by atoms with E-state index >= 15 is 0 Å². The lowest BCUT2D eigenvalue weighted by Crippen LogP contribution is -2.63. The summed E-state index contributed by atoms with van der Waals surface area (Å²) in [6.45, 7) is 7.25. The van der Waals surface area contributed by atoms with E-state index in [1.807, 2.05) is 6.07 Å². The summed E-state index contributed by atoms with van der Waals surface area (Å²) in [5.41, 5.74) is 1.06. The lowest BCUT2D eigenvalue weighted by molar-refractivity contribution is 0.0311. The molecule has 0 radical (unpaired) electrons. The Morgan fingerprint density at radius 3 is 2.90 bits per heavy atom. The molecule has 3 rings (SSSR count). The van der Waals surface area contributed by atoms with Gasteiger partial charge in [0.05, 0.1) is 5.02 Å². The highest BCUT2D eigenvalue weighted by atomic mass is 35.5. The molecular weight excluding hydrogens is 275 g/mol. The molecule has 0 amide bonds. The average molecular weight is 297 g/mol. The van der Waals surface area contributed by atoms with Gasteiger partial charge < -0.3 is 5.32 Å². The van der Waals surface area contributed by atoms with Gasteiger partial charge in [0.2, 0.25) is 0 Å². The maximum Gasteiger partial charge on any atom is 0.142 e. The Balaban J connectivity index is 1.84. The Hall–Kier alpha value is -0.640. The van der Waals surface area contributed by atoms with Crippen molar-refractivity contribution in [3.05, 3.63) is 34.6 Å². The second-order valence-electron chi connectivity index (χ2n) is 6.51. The van der Waals surface area contributed by atoms with Gasteiger partial charge in [0.1, 0.15) is 5.82 Å². The minimum absolute atomic E-state index is 0.169. The van der Waals surface area contributed by atoms with Gasteiger partial charge in [-0.15, -0.1) is 0 Å². The van der Waals surface area contributed by atoms with E-state index in [1.54, 1.807) is 6.07 Å². The van der Waals surface area contributed by atoms with Crippen molar-refractivity contribution in [1.82, 2.24) is 10.2 Å². The van der Waals surface area contributed by atoms with Crippen LogP contribution in [0.15, 0.2) is 18.2 Å². The number of piperazine rings is 1. The van der Waals surface area contributed by atoms with Crippen LogP contribution in [0.3, 0.4) is 0 Å². The SMILES string of the molecule is CC1CN(Cc2cccc(F)c2Cl)C(C)(C2CC2)CN1. The molecule has 2 aliphatic rings. The fourth-order valence-electron chi connectivity index (χ4n) is 3.33. The van der Waals surface area contributed by atoms with Gasteiger partial charge >= 0.3 is 0 Å². The first-order valence-electron chi connectivity index (χ1n) is 7.42. The molecule has 2 nitrogen and oxygen atoms in total. The van der Waals surface area contributed by atoms with Crippen molar-refractivity contribution < 1.29 is 4.39 Å². The van der Waals surface area contributed by atoms with Crippen molar-refractivity contribution in [3.63, 3.8) is 0 Å². The van der Waals surface area contributed by atoms with Crippen LogP contribution >= 0.6 is 11.6 Å². The van der Waals surface area contributed by atoms with Crippen molar-refractivity contribution in [2.45, 2.75) is 44.8 Å². The Morgan fingerprint density at radius 1 is 1.45 bits per heavy atom. The zero-order valence-corrected chi connectivity index (χ0v) is 12.9. The molecule has 1 heterocycles. The van der Waals surface area contributed by atoms with Crippen LogP contribution in [0.4, 0.5) is 4.39 Å². The molecule has 110 valence electrons. The van der Waals surface area contributed by atoms with Gasteiger partial charge in [-0.2, -0.15) is 0 Å². The summed E-state index contributed by atoms with van der Waals surface area (Å²) in [5, 5.41) is 3.86. The second kappa shape index (κ2) is 5.28. The Labute approximate surface area is 125 Å². The number of hydrogen-bond acceptors (Lipinski definition) is 2. The maximum absolute atomic E-state index is 13.6. The zero-order valence-electron chi connectivity index (χ0n) is 12.1. The van der Waals surface area contributed by atoms with Gasteiger partial charge in [0.25, 0.3) is 0 Å². The minimum atomic E-state index is -0.319. The third kappa shape index (κ3) is 2.59. The first kappa shape index (κ1) is 14.3. The van der Waals surface area contributed by atoms with Gasteiger partial charge in [-0.05, 0) is 44.2 Å². The molecule has 1 saturated carbocycles. The first-order valence-corrected chi connectivity index (χ1v) is 7.80. The number of halogens is 2. The van der Waals surface area contributed by atoms with E-state index < -0.39 is 0 Å².